The fraction of sp³-hybridized carbons (Fsp3) is 0.333. The SMILES string of the molecule is C=CC=Cc1cc[n+](CCCC)c(C#Cc2cccc[n+]2CCC)c1C. The van der Waals surface area contributed by atoms with Crippen molar-refractivity contribution in [1.82, 2.24) is 0 Å². The Bertz CT molecular complexity index is 835. The van der Waals surface area contributed by atoms with Gasteiger partial charge in [0, 0.05) is 48.4 Å². The van der Waals surface area contributed by atoms with Crippen molar-refractivity contribution < 1.29 is 9.13 Å². The molecule has 26 heavy (non-hydrogen) atoms. The largest absolute Gasteiger partial charge is 0.260 e. The van der Waals surface area contributed by atoms with Gasteiger partial charge < -0.3 is 0 Å². The molecule has 2 heterocycles. The molecule has 0 saturated carbocycles. The molecule has 0 bridgehead atoms. The summed E-state index contributed by atoms with van der Waals surface area (Å²) in [6.45, 7) is 12.3. The molecule has 0 aliphatic carbocycles. The Morgan fingerprint density at radius 3 is 2.58 bits per heavy atom. The first-order valence-electron chi connectivity index (χ1n) is 9.53. The normalized spacial score (nSPS) is 10.6. The van der Waals surface area contributed by atoms with Gasteiger partial charge >= 0.3 is 0 Å². The molecule has 0 radical (unpaired) electrons. The Hall–Kier alpha value is -2.66. The van der Waals surface area contributed by atoms with Gasteiger partial charge in [0.15, 0.2) is 12.4 Å². The van der Waals surface area contributed by atoms with Crippen LogP contribution in [0.3, 0.4) is 0 Å². The van der Waals surface area contributed by atoms with Crippen molar-refractivity contribution in [3.63, 3.8) is 0 Å². The zero-order valence-corrected chi connectivity index (χ0v) is 16.3. The first kappa shape index (κ1) is 19.7. The highest BCUT2D eigenvalue weighted by atomic mass is 15.0. The molecule has 0 unspecified atom stereocenters. The second kappa shape index (κ2) is 10.4. The lowest BCUT2D eigenvalue weighted by Crippen LogP contribution is -2.38. The maximum atomic E-state index is 3.77. The summed E-state index contributed by atoms with van der Waals surface area (Å²) in [5.74, 6) is 6.86. The van der Waals surface area contributed by atoms with Gasteiger partial charge in [0.2, 0.25) is 0 Å². The van der Waals surface area contributed by atoms with E-state index in [1.54, 1.807) is 6.08 Å². The number of hydrogen-bond acceptors (Lipinski definition) is 0. The molecular formula is C24H30N2+2. The fourth-order valence-corrected chi connectivity index (χ4v) is 2.90. The number of rotatable bonds is 7. The van der Waals surface area contributed by atoms with Crippen LogP contribution < -0.4 is 9.13 Å². The molecule has 0 aromatic carbocycles. The highest BCUT2D eigenvalue weighted by Gasteiger charge is 2.15. The highest BCUT2D eigenvalue weighted by molar-refractivity contribution is 5.56. The Kier molecular flexibility index (Phi) is 7.83. The lowest BCUT2D eigenvalue weighted by Gasteiger charge is -2.05. The predicted molar refractivity (Wildman–Crippen MR) is 108 cm³/mol. The van der Waals surface area contributed by atoms with Crippen LogP contribution in [0.1, 0.15) is 55.6 Å². The van der Waals surface area contributed by atoms with Gasteiger partial charge in [-0.2, -0.15) is 9.13 Å². The van der Waals surface area contributed by atoms with Crippen LogP contribution in [-0.2, 0) is 13.1 Å². The van der Waals surface area contributed by atoms with Crippen LogP contribution in [0.25, 0.3) is 6.08 Å². The van der Waals surface area contributed by atoms with Crippen molar-refractivity contribution in [2.45, 2.75) is 53.1 Å². The van der Waals surface area contributed by atoms with E-state index >= 15 is 0 Å². The summed E-state index contributed by atoms with van der Waals surface area (Å²) >= 11 is 0. The van der Waals surface area contributed by atoms with Gasteiger partial charge in [-0.25, -0.2) is 0 Å². The van der Waals surface area contributed by atoms with Crippen LogP contribution in [0.15, 0.2) is 55.4 Å². The second-order valence-electron chi connectivity index (χ2n) is 6.42. The Balaban J connectivity index is 2.50. The van der Waals surface area contributed by atoms with Crippen molar-refractivity contribution >= 4 is 6.08 Å². The molecule has 134 valence electrons. The van der Waals surface area contributed by atoms with E-state index in [-0.39, 0.29) is 0 Å². The van der Waals surface area contributed by atoms with E-state index in [2.05, 4.69) is 91.1 Å². The fourth-order valence-electron chi connectivity index (χ4n) is 2.90. The lowest BCUT2D eigenvalue weighted by atomic mass is 10.1. The summed E-state index contributed by atoms with van der Waals surface area (Å²) in [5.41, 5.74) is 4.56. The zero-order chi connectivity index (χ0) is 18.8. The van der Waals surface area contributed by atoms with Gasteiger partial charge in [0.05, 0.1) is 0 Å². The van der Waals surface area contributed by atoms with Gasteiger partial charge in [-0.1, -0.05) is 45.1 Å². The molecule has 2 nitrogen and oxygen atoms in total. The summed E-state index contributed by atoms with van der Waals surface area (Å²) in [4.78, 5) is 0. The van der Waals surface area contributed by atoms with Gasteiger partial charge in [-0.05, 0) is 18.6 Å². The van der Waals surface area contributed by atoms with Crippen LogP contribution in [0.2, 0.25) is 0 Å². The minimum atomic E-state index is 0.988. The first-order chi connectivity index (χ1) is 12.7. The second-order valence-corrected chi connectivity index (χ2v) is 6.42. The first-order valence-corrected chi connectivity index (χ1v) is 9.53. The van der Waals surface area contributed by atoms with E-state index in [4.69, 9.17) is 0 Å². The van der Waals surface area contributed by atoms with Gasteiger partial charge in [0.25, 0.3) is 11.4 Å². The quantitative estimate of drug-likeness (QED) is 0.399. The minimum Gasteiger partial charge on any atom is -0.191 e. The van der Waals surface area contributed by atoms with Gasteiger partial charge in [-0.15, -0.1) is 0 Å². The summed E-state index contributed by atoms with van der Waals surface area (Å²) in [7, 11) is 0. The van der Waals surface area contributed by atoms with Crippen molar-refractivity contribution in [1.29, 1.82) is 0 Å². The van der Waals surface area contributed by atoms with Gasteiger partial charge in [-0.3, -0.25) is 0 Å². The number of unbranched alkanes of at least 4 members (excludes halogenated alkanes) is 1. The average molecular weight is 347 g/mol. The smallest absolute Gasteiger partial charge is 0.191 e. The van der Waals surface area contributed by atoms with Crippen LogP contribution in [0.4, 0.5) is 0 Å². The molecule has 2 aromatic heterocycles. The van der Waals surface area contributed by atoms with E-state index in [1.807, 2.05) is 6.08 Å². The third-order valence-corrected chi connectivity index (χ3v) is 4.39. The molecule has 0 aliphatic rings. The molecule has 2 aromatic rings. The topological polar surface area (TPSA) is 7.76 Å². The molecule has 0 aliphatic heterocycles. The predicted octanol–water partition coefficient (Wildman–Crippen LogP) is 4.38. The summed E-state index contributed by atoms with van der Waals surface area (Å²) in [6.07, 6.45) is 13.6. The molecule has 2 rings (SSSR count). The van der Waals surface area contributed by atoms with Crippen molar-refractivity contribution in [3.05, 3.63) is 77.9 Å². The highest BCUT2D eigenvalue weighted by Crippen LogP contribution is 2.12. The molecule has 0 saturated heterocycles. The summed E-state index contributed by atoms with van der Waals surface area (Å²) in [6, 6.07) is 8.37. The molecular weight excluding hydrogens is 316 g/mol. The maximum absolute atomic E-state index is 3.77. The molecule has 0 fully saturated rings. The third kappa shape index (κ3) is 5.17. The van der Waals surface area contributed by atoms with E-state index < -0.39 is 0 Å². The van der Waals surface area contributed by atoms with Crippen molar-refractivity contribution in [3.8, 4) is 11.8 Å². The lowest BCUT2D eigenvalue weighted by molar-refractivity contribution is -0.700. The van der Waals surface area contributed by atoms with Crippen LogP contribution >= 0.6 is 0 Å². The number of aromatic nitrogens is 2. The molecule has 0 N–H and O–H groups in total. The molecule has 2 heteroatoms. The number of nitrogens with zero attached hydrogens (tertiary/aromatic N) is 2. The minimum absolute atomic E-state index is 0.988. The summed E-state index contributed by atoms with van der Waals surface area (Å²) < 4.78 is 4.50. The van der Waals surface area contributed by atoms with E-state index in [0.29, 0.717) is 0 Å². The number of aryl methyl sites for hydroxylation is 2. The number of allylic oxidation sites excluding steroid dienone is 2. The average Bonchev–Trinajstić information content (AvgIpc) is 2.66. The Morgan fingerprint density at radius 1 is 1.00 bits per heavy atom. The van der Waals surface area contributed by atoms with E-state index in [0.717, 1.165) is 37.3 Å². The zero-order valence-electron chi connectivity index (χ0n) is 16.3. The van der Waals surface area contributed by atoms with Crippen LogP contribution in [0, 0.1) is 18.8 Å². The monoisotopic (exact) mass is 346 g/mol. The Morgan fingerprint density at radius 2 is 1.85 bits per heavy atom. The van der Waals surface area contributed by atoms with Gasteiger partial charge in [0.1, 0.15) is 13.1 Å². The molecule has 0 atom stereocenters. The van der Waals surface area contributed by atoms with E-state index in [9.17, 15) is 0 Å². The number of pyridine rings is 2. The van der Waals surface area contributed by atoms with Crippen LogP contribution in [0.5, 0.6) is 0 Å². The third-order valence-electron chi connectivity index (χ3n) is 4.39. The standard InChI is InChI=1S/C24H30N2/c1-5-8-12-22-16-20-26(18-9-6-2)24(21(22)4)15-14-23-13-10-11-19-25(23)17-7-3/h5,8,10-13,16,19-20H,1,6-7,9,17-18H2,2-4H3/q+2. The van der Waals surface area contributed by atoms with Crippen molar-refractivity contribution in [2.24, 2.45) is 0 Å². The number of hydrogen-bond donors (Lipinski definition) is 0. The summed E-state index contributed by atoms with van der Waals surface area (Å²) in [5, 5.41) is 0. The molecule has 0 amide bonds. The maximum Gasteiger partial charge on any atom is 0.260 e. The Labute approximate surface area is 158 Å². The van der Waals surface area contributed by atoms with Crippen molar-refractivity contribution in [2.75, 3.05) is 0 Å². The van der Waals surface area contributed by atoms with E-state index in [1.165, 1.54) is 17.5 Å². The van der Waals surface area contributed by atoms with Crippen LogP contribution in [-0.4, -0.2) is 0 Å². The molecule has 0 spiro atoms.